The highest BCUT2D eigenvalue weighted by Gasteiger charge is 2.16. The maximum absolute atomic E-state index is 11.9. The number of aliphatic hydroxyl groups excluding tert-OH is 1. The van der Waals surface area contributed by atoms with Gasteiger partial charge in [0.15, 0.2) is 5.78 Å². The molecule has 22 heavy (non-hydrogen) atoms. The number of ketones is 1. The Morgan fingerprint density at radius 3 is 2.32 bits per heavy atom. The number of benzene rings is 1. The molecule has 0 aliphatic heterocycles. The standard InChI is InChI=1S/C18H26O4/c1-12(2)22-17-8-14(13(3)19)7-16(9-17)21-11-15(20)10-18(4,5)6/h7-9,12,19H,3,10-11H2,1-2,4-6H3. The molecule has 1 N–H and O–H groups in total. The first-order valence-corrected chi connectivity index (χ1v) is 7.41. The Bertz CT molecular complexity index is 539. The molecule has 0 aliphatic rings. The van der Waals surface area contributed by atoms with Crippen molar-refractivity contribution >= 4 is 11.5 Å². The third-order valence-electron chi connectivity index (χ3n) is 2.71. The SMILES string of the molecule is C=C(O)c1cc(OCC(=O)CC(C)(C)C)cc(OC(C)C)c1. The molecule has 0 aromatic heterocycles. The van der Waals surface area contributed by atoms with Gasteiger partial charge in [-0.1, -0.05) is 27.4 Å². The van der Waals surface area contributed by atoms with Gasteiger partial charge in [0.1, 0.15) is 23.9 Å². The lowest BCUT2D eigenvalue weighted by atomic mass is 9.90. The van der Waals surface area contributed by atoms with Gasteiger partial charge >= 0.3 is 0 Å². The van der Waals surface area contributed by atoms with Gasteiger partial charge in [-0.2, -0.15) is 0 Å². The molecule has 0 heterocycles. The van der Waals surface area contributed by atoms with Gasteiger partial charge in [-0.25, -0.2) is 0 Å². The Hall–Kier alpha value is -1.97. The summed E-state index contributed by atoms with van der Waals surface area (Å²) in [6.45, 7) is 13.4. The molecule has 0 spiro atoms. The van der Waals surface area contributed by atoms with Crippen LogP contribution in [0, 0.1) is 5.41 Å². The quantitative estimate of drug-likeness (QED) is 0.759. The number of rotatable bonds is 7. The van der Waals surface area contributed by atoms with Crippen LogP contribution in [0.2, 0.25) is 0 Å². The van der Waals surface area contributed by atoms with Crippen molar-refractivity contribution in [3.05, 3.63) is 30.3 Å². The third kappa shape index (κ3) is 6.66. The molecule has 0 radical (unpaired) electrons. The van der Waals surface area contributed by atoms with Gasteiger partial charge < -0.3 is 14.6 Å². The van der Waals surface area contributed by atoms with Crippen molar-refractivity contribution in [1.29, 1.82) is 0 Å². The van der Waals surface area contributed by atoms with Gasteiger partial charge in [-0.05, 0) is 31.4 Å². The van der Waals surface area contributed by atoms with Gasteiger partial charge in [0, 0.05) is 18.1 Å². The second-order valence-electron chi connectivity index (χ2n) is 6.87. The fourth-order valence-electron chi connectivity index (χ4n) is 1.97. The molecule has 0 amide bonds. The molecule has 1 aromatic rings. The molecule has 0 unspecified atom stereocenters. The molecule has 0 bridgehead atoms. The minimum absolute atomic E-state index is 0.000251. The van der Waals surface area contributed by atoms with Crippen molar-refractivity contribution in [2.24, 2.45) is 5.41 Å². The number of Topliss-reactive ketones (excluding diaryl/α,β-unsaturated/α-hetero) is 1. The van der Waals surface area contributed by atoms with E-state index in [1.54, 1.807) is 18.2 Å². The van der Waals surface area contributed by atoms with E-state index >= 15 is 0 Å². The summed E-state index contributed by atoms with van der Waals surface area (Å²) in [6.07, 6.45) is 0.451. The van der Waals surface area contributed by atoms with Crippen molar-refractivity contribution in [3.8, 4) is 11.5 Å². The van der Waals surface area contributed by atoms with E-state index < -0.39 is 0 Å². The van der Waals surface area contributed by atoms with Gasteiger partial charge in [0.25, 0.3) is 0 Å². The second kappa shape index (κ2) is 7.34. The average Bonchev–Trinajstić information content (AvgIpc) is 2.33. The molecule has 122 valence electrons. The maximum Gasteiger partial charge on any atom is 0.170 e. The Morgan fingerprint density at radius 1 is 1.23 bits per heavy atom. The smallest absolute Gasteiger partial charge is 0.170 e. The van der Waals surface area contributed by atoms with Gasteiger partial charge in [0.2, 0.25) is 0 Å². The number of carbonyl (C=O) groups is 1. The van der Waals surface area contributed by atoms with Crippen LogP contribution in [0.25, 0.3) is 5.76 Å². The number of hydrogen-bond donors (Lipinski definition) is 1. The maximum atomic E-state index is 11.9. The number of carbonyl (C=O) groups excluding carboxylic acids is 1. The number of hydrogen-bond acceptors (Lipinski definition) is 4. The Labute approximate surface area is 132 Å². The van der Waals surface area contributed by atoms with Gasteiger partial charge in [0.05, 0.1) is 6.10 Å². The first-order valence-electron chi connectivity index (χ1n) is 7.41. The Balaban J connectivity index is 2.83. The fraction of sp³-hybridized carbons (Fsp3) is 0.500. The molecular weight excluding hydrogens is 280 g/mol. The largest absolute Gasteiger partial charge is 0.508 e. The second-order valence-corrected chi connectivity index (χ2v) is 6.87. The van der Waals surface area contributed by atoms with E-state index in [9.17, 15) is 9.90 Å². The summed E-state index contributed by atoms with van der Waals surface area (Å²) in [5, 5.41) is 9.56. The summed E-state index contributed by atoms with van der Waals surface area (Å²) in [5.41, 5.74) is 0.449. The van der Waals surface area contributed by atoms with Crippen LogP contribution in [-0.2, 0) is 4.79 Å². The molecule has 0 atom stereocenters. The number of aliphatic hydroxyl groups is 1. The molecule has 0 saturated heterocycles. The highest BCUT2D eigenvalue weighted by atomic mass is 16.5. The summed E-state index contributed by atoms with van der Waals surface area (Å²) in [5.74, 6) is 1.01. The van der Waals surface area contributed by atoms with E-state index in [4.69, 9.17) is 9.47 Å². The zero-order valence-corrected chi connectivity index (χ0v) is 14.1. The Morgan fingerprint density at radius 2 is 1.82 bits per heavy atom. The molecule has 4 heteroatoms. The zero-order chi connectivity index (χ0) is 16.9. The van der Waals surface area contributed by atoms with Crippen molar-refractivity contribution in [3.63, 3.8) is 0 Å². The van der Waals surface area contributed by atoms with E-state index in [2.05, 4.69) is 6.58 Å². The predicted molar refractivity (Wildman–Crippen MR) is 88.4 cm³/mol. The molecule has 4 nitrogen and oxygen atoms in total. The first-order chi connectivity index (χ1) is 10.1. The van der Waals surface area contributed by atoms with Crippen LogP contribution in [0.5, 0.6) is 11.5 Å². The summed E-state index contributed by atoms with van der Waals surface area (Å²) < 4.78 is 11.2. The van der Waals surface area contributed by atoms with E-state index in [0.717, 1.165) is 0 Å². The lowest BCUT2D eigenvalue weighted by molar-refractivity contribution is -0.122. The van der Waals surface area contributed by atoms with E-state index in [0.29, 0.717) is 23.5 Å². The minimum atomic E-state index is -0.0694. The Kier molecular flexibility index (Phi) is 6.03. The van der Waals surface area contributed by atoms with Crippen LogP contribution in [0.15, 0.2) is 24.8 Å². The first kappa shape index (κ1) is 18.1. The van der Waals surface area contributed by atoms with Crippen LogP contribution in [0.4, 0.5) is 0 Å². The highest BCUT2D eigenvalue weighted by molar-refractivity contribution is 5.80. The molecule has 1 aromatic carbocycles. The van der Waals surface area contributed by atoms with Crippen molar-refractivity contribution < 1.29 is 19.4 Å². The van der Waals surface area contributed by atoms with Crippen molar-refractivity contribution in [2.75, 3.05) is 6.61 Å². The monoisotopic (exact) mass is 306 g/mol. The zero-order valence-electron chi connectivity index (χ0n) is 14.1. The summed E-state index contributed by atoms with van der Waals surface area (Å²) in [6, 6.07) is 5.03. The van der Waals surface area contributed by atoms with Crippen LogP contribution >= 0.6 is 0 Å². The predicted octanol–water partition coefficient (Wildman–Crippen LogP) is 4.39. The molecule has 0 fully saturated rings. The lowest BCUT2D eigenvalue weighted by Crippen LogP contribution is -2.19. The van der Waals surface area contributed by atoms with Crippen LogP contribution in [-0.4, -0.2) is 23.6 Å². The normalized spacial score (nSPS) is 11.4. The molecule has 0 saturated carbocycles. The van der Waals surface area contributed by atoms with Gasteiger partial charge in [-0.15, -0.1) is 0 Å². The van der Waals surface area contributed by atoms with E-state index in [-0.39, 0.29) is 29.7 Å². The fourth-order valence-corrected chi connectivity index (χ4v) is 1.97. The van der Waals surface area contributed by atoms with Crippen LogP contribution < -0.4 is 9.47 Å². The topological polar surface area (TPSA) is 55.8 Å². The summed E-state index contributed by atoms with van der Waals surface area (Å²) in [7, 11) is 0. The van der Waals surface area contributed by atoms with E-state index in [1.165, 1.54) is 0 Å². The lowest BCUT2D eigenvalue weighted by Gasteiger charge is -2.17. The molecule has 1 rings (SSSR count). The summed E-state index contributed by atoms with van der Waals surface area (Å²) in [4.78, 5) is 11.9. The third-order valence-corrected chi connectivity index (χ3v) is 2.71. The summed E-state index contributed by atoms with van der Waals surface area (Å²) >= 11 is 0. The average molecular weight is 306 g/mol. The van der Waals surface area contributed by atoms with Crippen LogP contribution in [0.3, 0.4) is 0 Å². The van der Waals surface area contributed by atoms with Crippen molar-refractivity contribution in [2.45, 2.75) is 47.1 Å². The van der Waals surface area contributed by atoms with E-state index in [1.807, 2.05) is 34.6 Å². The van der Waals surface area contributed by atoms with Gasteiger partial charge in [-0.3, -0.25) is 4.79 Å². The van der Waals surface area contributed by atoms with Crippen molar-refractivity contribution in [1.82, 2.24) is 0 Å². The number of ether oxygens (including phenoxy) is 2. The highest BCUT2D eigenvalue weighted by Crippen LogP contribution is 2.27. The molecule has 0 aliphatic carbocycles. The minimum Gasteiger partial charge on any atom is -0.508 e. The molecular formula is C18H26O4. The van der Waals surface area contributed by atoms with Crippen LogP contribution in [0.1, 0.15) is 46.6 Å².